The first kappa shape index (κ1) is 16.0. The van der Waals surface area contributed by atoms with Crippen LogP contribution < -0.4 is 5.32 Å². The smallest absolute Gasteiger partial charge is 0.273 e. The summed E-state index contributed by atoms with van der Waals surface area (Å²) >= 11 is 6.80. The molecule has 0 heterocycles. The Morgan fingerprint density at radius 1 is 1.19 bits per heavy atom. The van der Waals surface area contributed by atoms with Gasteiger partial charge in [-0.1, -0.05) is 28.1 Å². The fourth-order valence-corrected chi connectivity index (χ4v) is 2.76. The molecule has 0 aromatic heterocycles. The summed E-state index contributed by atoms with van der Waals surface area (Å²) in [6, 6.07) is 11.5. The molecule has 0 radical (unpaired) electrons. The van der Waals surface area contributed by atoms with Crippen molar-refractivity contribution in [2.24, 2.45) is 0 Å². The Kier molecular flexibility index (Phi) is 5.00. The number of hydrogen-bond donors (Lipinski definition) is 1. The van der Waals surface area contributed by atoms with Gasteiger partial charge in [0.25, 0.3) is 5.69 Å². The average Bonchev–Trinajstić information content (AvgIpc) is 2.42. The van der Waals surface area contributed by atoms with Gasteiger partial charge in [0.15, 0.2) is 0 Å². The largest absolute Gasteiger partial charge is 0.378 e. The first-order valence-corrected chi connectivity index (χ1v) is 7.93. The highest BCUT2D eigenvalue weighted by Gasteiger charge is 2.15. The summed E-state index contributed by atoms with van der Waals surface area (Å²) in [5.41, 5.74) is 2.73. The van der Waals surface area contributed by atoms with E-state index in [4.69, 9.17) is 0 Å². The van der Waals surface area contributed by atoms with E-state index in [9.17, 15) is 10.1 Å². The van der Waals surface area contributed by atoms with E-state index >= 15 is 0 Å². The topological polar surface area (TPSA) is 55.2 Å². The molecule has 2 aromatic carbocycles. The number of nitrogens with zero attached hydrogens (tertiary/aromatic N) is 1. The minimum absolute atomic E-state index is 0.0928. The van der Waals surface area contributed by atoms with Gasteiger partial charge in [0.1, 0.15) is 0 Å². The van der Waals surface area contributed by atoms with Crippen LogP contribution in [0.4, 0.5) is 11.4 Å². The van der Waals surface area contributed by atoms with Crippen LogP contribution in [0.25, 0.3) is 0 Å². The average molecular weight is 414 g/mol. The Hall–Kier alpha value is -1.40. The second-order valence-electron chi connectivity index (χ2n) is 4.79. The lowest BCUT2D eigenvalue weighted by molar-refractivity contribution is -0.385. The second-order valence-corrected chi connectivity index (χ2v) is 6.56. The second kappa shape index (κ2) is 6.58. The zero-order valence-corrected chi connectivity index (χ0v) is 14.7. The summed E-state index contributed by atoms with van der Waals surface area (Å²) in [6.45, 7) is 3.78. The van der Waals surface area contributed by atoms with Gasteiger partial charge >= 0.3 is 0 Å². The molecule has 6 heteroatoms. The maximum atomic E-state index is 10.9. The quantitative estimate of drug-likeness (QED) is 0.524. The van der Waals surface area contributed by atoms with Crippen LogP contribution in [-0.4, -0.2) is 4.92 Å². The standard InChI is InChI=1S/C15H14Br2N2O2/c1-9-7-14(13(17)8-15(9)19(20)21)18-10(2)11-3-5-12(16)6-4-11/h3-8,10,18H,1-2H3. The molecule has 1 N–H and O–H groups in total. The van der Waals surface area contributed by atoms with E-state index in [1.54, 1.807) is 13.0 Å². The molecule has 0 spiro atoms. The third-order valence-electron chi connectivity index (χ3n) is 3.22. The highest BCUT2D eigenvalue weighted by Crippen LogP contribution is 2.33. The van der Waals surface area contributed by atoms with Gasteiger partial charge in [-0.05, 0) is 53.5 Å². The maximum absolute atomic E-state index is 10.9. The van der Waals surface area contributed by atoms with Gasteiger partial charge in [0.2, 0.25) is 0 Å². The van der Waals surface area contributed by atoms with Crippen LogP contribution in [-0.2, 0) is 0 Å². The summed E-state index contributed by atoms with van der Waals surface area (Å²) in [5.74, 6) is 0. The molecule has 110 valence electrons. The van der Waals surface area contributed by atoms with Gasteiger partial charge < -0.3 is 5.32 Å². The van der Waals surface area contributed by atoms with Crippen molar-refractivity contribution in [1.82, 2.24) is 0 Å². The van der Waals surface area contributed by atoms with Gasteiger partial charge in [0, 0.05) is 32.3 Å². The highest BCUT2D eigenvalue weighted by atomic mass is 79.9. The maximum Gasteiger partial charge on any atom is 0.273 e. The van der Waals surface area contributed by atoms with Crippen molar-refractivity contribution in [1.29, 1.82) is 0 Å². The molecule has 0 amide bonds. The van der Waals surface area contributed by atoms with Crippen LogP contribution in [0.3, 0.4) is 0 Å². The summed E-state index contributed by atoms with van der Waals surface area (Å²) in [4.78, 5) is 10.5. The van der Waals surface area contributed by atoms with Crippen molar-refractivity contribution < 1.29 is 4.92 Å². The number of nitro groups is 1. The number of aryl methyl sites for hydroxylation is 1. The van der Waals surface area contributed by atoms with E-state index in [1.807, 2.05) is 31.2 Å². The van der Waals surface area contributed by atoms with Crippen molar-refractivity contribution in [3.8, 4) is 0 Å². The number of nitro benzene ring substituents is 1. The fourth-order valence-electron chi connectivity index (χ4n) is 2.05. The molecule has 2 rings (SSSR count). The molecule has 0 saturated heterocycles. The Balaban J connectivity index is 2.25. The van der Waals surface area contributed by atoms with Gasteiger partial charge in [-0.2, -0.15) is 0 Å². The third-order valence-corrected chi connectivity index (χ3v) is 4.41. The SMILES string of the molecule is Cc1cc(NC(C)c2ccc(Br)cc2)c(Br)cc1[N+](=O)[O-]. The van der Waals surface area contributed by atoms with E-state index in [0.29, 0.717) is 10.0 Å². The van der Waals surface area contributed by atoms with Gasteiger partial charge in [-0.15, -0.1) is 0 Å². The monoisotopic (exact) mass is 412 g/mol. The predicted molar refractivity (Wildman–Crippen MR) is 91.7 cm³/mol. The first-order valence-electron chi connectivity index (χ1n) is 6.35. The number of rotatable bonds is 4. The fraction of sp³-hybridized carbons (Fsp3) is 0.200. The van der Waals surface area contributed by atoms with Crippen LogP contribution >= 0.6 is 31.9 Å². The summed E-state index contributed by atoms with van der Waals surface area (Å²) in [7, 11) is 0. The van der Waals surface area contributed by atoms with Crippen LogP contribution in [0.15, 0.2) is 45.3 Å². The number of halogens is 2. The highest BCUT2D eigenvalue weighted by molar-refractivity contribution is 9.10. The number of anilines is 1. The van der Waals surface area contributed by atoms with Crippen LogP contribution in [0.5, 0.6) is 0 Å². The number of nitrogens with one attached hydrogen (secondary N) is 1. The van der Waals surface area contributed by atoms with E-state index in [0.717, 1.165) is 15.7 Å². The number of benzene rings is 2. The van der Waals surface area contributed by atoms with Crippen molar-refractivity contribution in [3.05, 3.63) is 66.6 Å². The lowest BCUT2D eigenvalue weighted by Crippen LogP contribution is -2.07. The molecule has 0 aliphatic heterocycles. The molecule has 1 atom stereocenters. The Morgan fingerprint density at radius 3 is 2.38 bits per heavy atom. The van der Waals surface area contributed by atoms with Crippen molar-refractivity contribution in [2.75, 3.05) is 5.32 Å². The van der Waals surface area contributed by atoms with Crippen LogP contribution in [0.1, 0.15) is 24.1 Å². The molecule has 1 unspecified atom stereocenters. The van der Waals surface area contributed by atoms with Crippen molar-refractivity contribution >= 4 is 43.2 Å². The van der Waals surface area contributed by atoms with E-state index < -0.39 is 0 Å². The van der Waals surface area contributed by atoms with E-state index in [1.165, 1.54) is 6.07 Å². The Labute approximate surface area is 140 Å². The van der Waals surface area contributed by atoms with Crippen LogP contribution in [0, 0.1) is 17.0 Å². The summed E-state index contributed by atoms with van der Waals surface area (Å²) < 4.78 is 1.72. The van der Waals surface area contributed by atoms with E-state index in [2.05, 4.69) is 37.2 Å². The zero-order valence-electron chi connectivity index (χ0n) is 11.6. The molecule has 4 nitrogen and oxygen atoms in total. The number of hydrogen-bond acceptors (Lipinski definition) is 3. The van der Waals surface area contributed by atoms with Crippen molar-refractivity contribution in [3.63, 3.8) is 0 Å². The lowest BCUT2D eigenvalue weighted by Gasteiger charge is -2.17. The zero-order chi connectivity index (χ0) is 15.6. The van der Waals surface area contributed by atoms with Crippen LogP contribution in [0.2, 0.25) is 0 Å². The minimum atomic E-state index is -0.373. The minimum Gasteiger partial charge on any atom is -0.378 e. The molecule has 0 saturated carbocycles. The molecular formula is C15H14Br2N2O2. The van der Waals surface area contributed by atoms with Crippen molar-refractivity contribution in [2.45, 2.75) is 19.9 Å². The molecular weight excluding hydrogens is 400 g/mol. The molecule has 0 fully saturated rings. The first-order chi connectivity index (χ1) is 9.88. The normalized spacial score (nSPS) is 12.0. The molecule has 0 aliphatic carbocycles. The summed E-state index contributed by atoms with van der Waals surface area (Å²) in [6.07, 6.45) is 0. The van der Waals surface area contributed by atoms with Gasteiger partial charge in [-0.25, -0.2) is 0 Å². The molecule has 0 bridgehead atoms. The predicted octanol–water partition coefficient (Wildman–Crippen LogP) is 5.60. The Morgan fingerprint density at radius 2 is 1.81 bits per heavy atom. The van der Waals surface area contributed by atoms with Gasteiger partial charge in [-0.3, -0.25) is 10.1 Å². The lowest BCUT2D eigenvalue weighted by atomic mass is 10.1. The molecule has 21 heavy (non-hydrogen) atoms. The van der Waals surface area contributed by atoms with Gasteiger partial charge in [0.05, 0.1) is 4.92 Å². The summed E-state index contributed by atoms with van der Waals surface area (Å²) in [5, 5.41) is 14.3. The molecule has 2 aromatic rings. The third kappa shape index (κ3) is 3.83. The van der Waals surface area contributed by atoms with E-state index in [-0.39, 0.29) is 16.7 Å². The Bertz CT molecular complexity index is 672. The molecule has 0 aliphatic rings.